The van der Waals surface area contributed by atoms with Crippen molar-refractivity contribution in [2.45, 2.75) is 0 Å². The molecule has 1 N–H and O–H groups in total. The number of nitrogens with zero attached hydrogens (tertiary/aromatic N) is 3. The Balaban J connectivity index is 2.25. The summed E-state index contributed by atoms with van der Waals surface area (Å²) in [7, 11) is 7.57. The molecule has 7 heteroatoms. The van der Waals surface area contributed by atoms with Crippen molar-refractivity contribution in [2.24, 2.45) is 4.99 Å². The van der Waals surface area contributed by atoms with Gasteiger partial charge in [-0.1, -0.05) is 11.6 Å². The average molecular weight is 357 g/mol. The molecule has 0 aromatic heterocycles. The molecule has 0 radical (unpaired) electrons. The summed E-state index contributed by atoms with van der Waals surface area (Å²) in [6.45, 7) is 4.73. The smallest absolute Gasteiger partial charge is 0.193 e. The van der Waals surface area contributed by atoms with Crippen LogP contribution in [0, 0.1) is 0 Å². The fraction of sp³-hybridized carbons (Fsp3) is 0.588. The lowest BCUT2D eigenvalue weighted by Gasteiger charge is -2.23. The zero-order chi connectivity index (χ0) is 17.8. The molecule has 1 rings (SSSR count). The van der Waals surface area contributed by atoms with Gasteiger partial charge < -0.3 is 24.6 Å². The van der Waals surface area contributed by atoms with E-state index >= 15 is 0 Å². The SMILES string of the molecule is CN=C(NCCN(C)CCOC)N(C)CCOc1ccc(Cl)cc1. The molecule has 0 aliphatic heterocycles. The number of rotatable bonds is 10. The third kappa shape index (κ3) is 8.38. The first kappa shape index (κ1) is 20.5. The highest BCUT2D eigenvalue weighted by Gasteiger charge is 2.06. The molecule has 0 saturated carbocycles. The summed E-state index contributed by atoms with van der Waals surface area (Å²) in [5.74, 6) is 1.67. The molecule has 24 heavy (non-hydrogen) atoms. The Hall–Kier alpha value is -1.50. The van der Waals surface area contributed by atoms with Crippen LogP contribution in [0.1, 0.15) is 0 Å². The summed E-state index contributed by atoms with van der Waals surface area (Å²) in [6, 6.07) is 7.37. The molecule has 1 aromatic carbocycles. The molecule has 0 aliphatic rings. The van der Waals surface area contributed by atoms with Gasteiger partial charge in [0.1, 0.15) is 12.4 Å². The molecule has 0 atom stereocenters. The number of halogens is 1. The van der Waals surface area contributed by atoms with E-state index in [1.165, 1.54) is 0 Å². The van der Waals surface area contributed by atoms with Gasteiger partial charge >= 0.3 is 0 Å². The predicted molar refractivity (Wildman–Crippen MR) is 100 cm³/mol. The highest BCUT2D eigenvalue weighted by atomic mass is 35.5. The predicted octanol–water partition coefficient (Wildman–Crippen LogP) is 1.80. The van der Waals surface area contributed by atoms with Crippen LogP contribution in [0.2, 0.25) is 5.02 Å². The number of methoxy groups -OCH3 is 1. The zero-order valence-corrected chi connectivity index (χ0v) is 15.8. The van der Waals surface area contributed by atoms with E-state index in [2.05, 4.69) is 22.3 Å². The normalized spacial score (nSPS) is 11.7. The molecule has 6 nitrogen and oxygen atoms in total. The van der Waals surface area contributed by atoms with Crippen molar-refractivity contribution in [2.75, 3.05) is 67.6 Å². The standard InChI is InChI=1S/C17H29ClN4O2/c1-19-17(20-9-10-21(2)11-13-23-4)22(3)12-14-24-16-7-5-15(18)6-8-16/h5-8H,9-14H2,1-4H3,(H,19,20). The van der Waals surface area contributed by atoms with Gasteiger partial charge in [-0.15, -0.1) is 0 Å². The van der Waals surface area contributed by atoms with Crippen molar-refractivity contribution < 1.29 is 9.47 Å². The van der Waals surface area contributed by atoms with Crippen molar-refractivity contribution in [3.63, 3.8) is 0 Å². The van der Waals surface area contributed by atoms with E-state index in [9.17, 15) is 0 Å². The minimum atomic E-state index is 0.576. The number of likely N-dealkylation sites (N-methyl/N-ethyl adjacent to an activating group) is 2. The Bertz CT molecular complexity index is 482. The fourth-order valence-electron chi connectivity index (χ4n) is 2.04. The summed E-state index contributed by atoms with van der Waals surface area (Å²) in [5.41, 5.74) is 0. The van der Waals surface area contributed by atoms with Crippen molar-refractivity contribution >= 4 is 17.6 Å². The second-order valence-electron chi connectivity index (χ2n) is 5.49. The quantitative estimate of drug-likeness (QED) is 0.512. The van der Waals surface area contributed by atoms with Gasteiger partial charge in [0.05, 0.1) is 13.2 Å². The summed E-state index contributed by atoms with van der Waals surface area (Å²) < 4.78 is 10.8. The number of nitrogens with one attached hydrogen (secondary N) is 1. The van der Waals surface area contributed by atoms with Crippen LogP contribution < -0.4 is 10.1 Å². The van der Waals surface area contributed by atoms with Crippen LogP contribution >= 0.6 is 11.6 Å². The van der Waals surface area contributed by atoms with Crippen molar-refractivity contribution in [1.82, 2.24) is 15.1 Å². The first-order chi connectivity index (χ1) is 11.6. The van der Waals surface area contributed by atoms with Gasteiger partial charge in [0.25, 0.3) is 0 Å². The average Bonchev–Trinajstić information content (AvgIpc) is 2.58. The van der Waals surface area contributed by atoms with Crippen LogP contribution in [0.15, 0.2) is 29.3 Å². The Morgan fingerprint density at radius 1 is 1.12 bits per heavy atom. The van der Waals surface area contributed by atoms with Crippen LogP contribution in [0.4, 0.5) is 0 Å². The van der Waals surface area contributed by atoms with Gasteiger partial charge in [-0.25, -0.2) is 0 Å². The third-order valence-corrected chi connectivity index (χ3v) is 3.79. The maximum atomic E-state index is 5.86. The molecule has 136 valence electrons. The van der Waals surface area contributed by atoms with Gasteiger partial charge in [-0.3, -0.25) is 4.99 Å². The van der Waals surface area contributed by atoms with Crippen molar-refractivity contribution in [3.8, 4) is 5.75 Å². The van der Waals surface area contributed by atoms with Gasteiger partial charge in [0.15, 0.2) is 5.96 Å². The van der Waals surface area contributed by atoms with Crippen LogP contribution in [0.25, 0.3) is 0 Å². The Labute approximate surface area is 150 Å². The molecular weight excluding hydrogens is 328 g/mol. The molecule has 0 unspecified atom stereocenters. The summed E-state index contributed by atoms with van der Waals surface area (Å²) in [4.78, 5) is 8.56. The number of benzene rings is 1. The summed E-state index contributed by atoms with van der Waals surface area (Å²) in [6.07, 6.45) is 0. The van der Waals surface area contributed by atoms with Gasteiger partial charge in [-0.2, -0.15) is 0 Å². The van der Waals surface area contributed by atoms with E-state index in [1.807, 2.05) is 36.2 Å². The molecule has 0 fully saturated rings. The molecule has 0 bridgehead atoms. The van der Waals surface area contributed by atoms with E-state index < -0.39 is 0 Å². The molecule has 0 heterocycles. The first-order valence-electron chi connectivity index (χ1n) is 8.04. The lowest BCUT2D eigenvalue weighted by Crippen LogP contribution is -2.43. The van der Waals surface area contributed by atoms with Crippen LogP contribution in [-0.4, -0.2) is 83.4 Å². The highest BCUT2D eigenvalue weighted by Crippen LogP contribution is 2.15. The second kappa shape index (κ2) is 11.9. The maximum absolute atomic E-state index is 5.86. The fourth-order valence-corrected chi connectivity index (χ4v) is 2.17. The lowest BCUT2D eigenvalue weighted by atomic mass is 10.3. The van der Waals surface area contributed by atoms with Crippen molar-refractivity contribution in [1.29, 1.82) is 0 Å². The summed E-state index contributed by atoms with van der Waals surface area (Å²) >= 11 is 5.86. The molecule has 0 aliphatic carbocycles. The van der Waals surface area contributed by atoms with E-state index in [0.717, 1.165) is 44.5 Å². The van der Waals surface area contributed by atoms with E-state index in [4.69, 9.17) is 21.1 Å². The minimum Gasteiger partial charge on any atom is -0.492 e. The Kier molecular flexibility index (Phi) is 10.2. The second-order valence-corrected chi connectivity index (χ2v) is 5.93. The monoisotopic (exact) mass is 356 g/mol. The van der Waals surface area contributed by atoms with E-state index in [1.54, 1.807) is 14.2 Å². The molecule has 0 saturated heterocycles. The van der Waals surface area contributed by atoms with Gasteiger partial charge in [0, 0.05) is 45.9 Å². The summed E-state index contributed by atoms with van der Waals surface area (Å²) in [5, 5.41) is 4.06. The van der Waals surface area contributed by atoms with Gasteiger partial charge in [-0.05, 0) is 31.3 Å². The zero-order valence-electron chi connectivity index (χ0n) is 15.1. The number of aliphatic imine (C=N–C) groups is 1. The van der Waals surface area contributed by atoms with E-state index in [-0.39, 0.29) is 0 Å². The first-order valence-corrected chi connectivity index (χ1v) is 8.42. The van der Waals surface area contributed by atoms with Crippen LogP contribution in [0.3, 0.4) is 0 Å². The number of ether oxygens (including phenoxy) is 2. The topological polar surface area (TPSA) is 49.3 Å². The number of hydrogen-bond acceptors (Lipinski definition) is 4. The highest BCUT2D eigenvalue weighted by molar-refractivity contribution is 6.30. The van der Waals surface area contributed by atoms with E-state index in [0.29, 0.717) is 11.6 Å². The molecule has 0 amide bonds. The molecular formula is C17H29ClN4O2. The van der Waals surface area contributed by atoms with Gasteiger partial charge in [0.2, 0.25) is 0 Å². The van der Waals surface area contributed by atoms with Crippen molar-refractivity contribution in [3.05, 3.63) is 29.3 Å². The Morgan fingerprint density at radius 3 is 2.46 bits per heavy atom. The number of hydrogen-bond donors (Lipinski definition) is 1. The number of guanidine groups is 1. The molecule has 0 spiro atoms. The van der Waals surface area contributed by atoms with Crippen LogP contribution in [-0.2, 0) is 4.74 Å². The third-order valence-electron chi connectivity index (χ3n) is 3.54. The maximum Gasteiger partial charge on any atom is 0.193 e. The molecule has 1 aromatic rings. The Morgan fingerprint density at radius 2 is 1.83 bits per heavy atom. The minimum absolute atomic E-state index is 0.576. The lowest BCUT2D eigenvalue weighted by molar-refractivity contribution is 0.162. The van der Waals surface area contributed by atoms with Crippen LogP contribution in [0.5, 0.6) is 5.75 Å². The largest absolute Gasteiger partial charge is 0.492 e.